The number of carbonyl (C=O) groups is 1. The molecule has 2 nitrogen and oxygen atoms in total. The molecule has 0 aromatic heterocycles. The fourth-order valence-corrected chi connectivity index (χ4v) is 1.42. The molecule has 1 saturated heterocycles. The van der Waals surface area contributed by atoms with Gasteiger partial charge in [-0.05, 0) is 5.41 Å². The molecular weight excluding hydrogens is 150 g/mol. The number of carbonyl (C=O) groups excluding carboxylic acids is 1. The van der Waals surface area contributed by atoms with Gasteiger partial charge in [0, 0.05) is 18.7 Å². The Kier molecular flexibility index (Phi) is 2.09. The van der Waals surface area contributed by atoms with Crippen molar-refractivity contribution in [2.75, 3.05) is 13.1 Å². The fourth-order valence-electron chi connectivity index (χ4n) is 1.42. The molecule has 0 spiro atoms. The van der Waals surface area contributed by atoms with E-state index in [1.807, 2.05) is 0 Å². The van der Waals surface area contributed by atoms with Crippen LogP contribution in [0.5, 0.6) is 0 Å². The van der Waals surface area contributed by atoms with E-state index in [-0.39, 0.29) is 11.3 Å². The lowest BCUT2D eigenvalue weighted by molar-refractivity contribution is -0.136. The van der Waals surface area contributed by atoms with Gasteiger partial charge in [0.1, 0.15) is 0 Å². The van der Waals surface area contributed by atoms with E-state index in [1.165, 1.54) is 6.08 Å². The van der Waals surface area contributed by atoms with Crippen LogP contribution < -0.4 is 0 Å². The quantitative estimate of drug-likeness (QED) is 0.449. The first-order valence-electron chi connectivity index (χ1n) is 4.07. The summed E-state index contributed by atoms with van der Waals surface area (Å²) >= 11 is 0. The van der Waals surface area contributed by atoms with Crippen LogP contribution in [-0.4, -0.2) is 23.9 Å². The molecule has 1 aliphatic rings. The van der Waals surface area contributed by atoms with Crippen LogP contribution in [0.1, 0.15) is 13.8 Å². The number of amides is 1. The lowest BCUT2D eigenvalue weighted by Gasteiger charge is -2.45. The summed E-state index contributed by atoms with van der Waals surface area (Å²) < 4.78 is 0. The van der Waals surface area contributed by atoms with Gasteiger partial charge in [-0.2, -0.15) is 0 Å². The van der Waals surface area contributed by atoms with E-state index in [2.05, 4.69) is 27.0 Å². The summed E-state index contributed by atoms with van der Waals surface area (Å²) in [6.45, 7) is 13.1. The third-order valence-electron chi connectivity index (χ3n) is 2.05. The van der Waals surface area contributed by atoms with Gasteiger partial charge in [0.25, 0.3) is 5.91 Å². The fraction of sp³-hybridized carbons (Fsp3) is 0.500. The second kappa shape index (κ2) is 2.77. The highest BCUT2D eigenvalue weighted by Crippen LogP contribution is 2.29. The van der Waals surface area contributed by atoms with Gasteiger partial charge in [0.2, 0.25) is 0 Å². The maximum atomic E-state index is 11.4. The molecule has 0 aromatic carbocycles. The normalized spacial score (nSPS) is 19.7. The summed E-state index contributed by atoms with van der Waals surface area (Å²) in [6, 6.07) is 0. The van der Waals surface area contributed by atoms with Gasteiger partial charge < -0.3 is 4.90 Å². The highest BCUT2D eigenvalue weighted by molar-refractivity contribution is 5.95. The van der Waals surface area contributed by atoms with Gasteiger partial charge >= 0.3 is 0 Å². The predicted molar refractivity (Wildman–Crippen MR) is 49.7 cm³/mol. The molecule has 1 heterocycles. The zero-order valence-electron chi connectivity index (χ0n) is 7.76. The van der Waals surface area contributed by atoms with Gasteiger partial charge in [-0.1, -0.05) is 33.1 Å². The minimum atomic E-state index is 0.0179. The Morgan fingerprint density at radius 1 is 1.50 bits per heavy atom. The zero-order chi connectivity index (χ0) is 9.35. The molecule has 66 valence electrons. The minimum Gasteiger partial charge on any atom is -0.337 e. The third kappa shape index (κ3) is 1.58. The molecule has 0 aliphatic carbocycles. The lowest BCUT2D eigenvalue weighted by atomic mass is 9.84. The molecule has 0 radical (unpaired) electrons. The molecule has 0 unspecified atom stereocenters. The highest BCUT2D eigenvalue weighted by atomic mass is 16.2. The summed E-state index contributed by atoms with van der Waals surface area (Å²) in [7, 11) is 0. The van der Waals surface area contributed by atoms with Gasteiger partial charge in [0.05, 0.1) is 0 Å². The average Bonchev–Trinajstić information content (AvgIpc) is 1.97. The number of hydrogen-bond acceptors (Lipinski definition) is 1. The number of hydrogen-bond donors (Lipinski definition) is 0. The van der Waals surface area contributed by atoms with E-state index in [9.17, 15) is 4.79 Å². The summed E-state index contributed by atoms with van der Waals surface area (Å²) in [5, 5.41) is 0. The second-order valence-corrected chi connectivity index (χ2v) is 4.05. The smallest absolute Gasteiger partial charge is 0.253 e. The molecule has 1 amide bonds. The average molecular weight is 165 g/mol. The molecule has 0 N–H and O–H groups in total. The predicted octanol–water partition coefficient (Wildman–Crippen LogP) is 1.60. The number of rotatable bonds is 2. The van der Waals surface area contributed by atoms with Crippen molar-refractivity contribution in [3.63, 3.8) is 0 Å². The molecule has 1 aliphatic heterocycles. The Morgan fingerprint density at radius 3 is 2.33 bits per heavy atom. The minimum absolute atomic E-state index is 0.0179. The first kappa shape index (κ1) is 9.04. The summed E-state index contributed by atoms with van der Waals surface area (Å²) in [5.41, 5.74) is 0.780. The van der Waals surface area contributed by atoms with Crippen LogP contribution in [0, 0.1) is 5.41 Å². The van der Waals surface area contributed by atoms with Crippen LogP contribution in [0.3, 0.4) is 0 Å². The van der Waals surface area contributed by atoms with Crippen molar-refractivity contribution in [3.8, 4) is 0 Å². The number of nitrogens with zero attached hydrogens (tertiary/aromatic N) is 1. The first-order valence-corrected chi connectivity index (χ1v) is 4.07. The molecule has 0 aromatic rings. The van der Waals surface area contributed by atoms with Crippen molar-refractivity contribution >= 4 is 5.91 Å². The van der Waals surface area contributed by atoms with E-state index < -0.39 is 0 Å². The molecule has 0 bridgehead atoms. The summed E-state index contributed by atoms with van der Waals surface area (Å²) in [4.78, 5) is 13.2. The van der Waals surface area contributed by atoms with Crippen molar-refractivity contribution in [1.82, 2.24) is 4.90 Å². The standard InChI is InChI=1S/C10H15NO/c1-5-8(2)9(12)11-6-10(3,4)7-11/h5H,1-2,6-7H2,3-4H3. The summed E-state index contributed by atoms with van der Waals surface area (Å²) in [5.74, 6) is 0.0179. The van der Waals surface area contributed by atoms with E-state index >= 15 is 0 Å². The van der Waals surface area contributed by atoms with Crippen LogP contribution in [0.15, 0.2) is 24.8 Å². The SMILES string of the molecule is C=CC(=C)C(=O)N1CC(C)(C)C1. The lowest BCUT2D eigenvalue weighted by Crippen LogP contribution is -2.55. The Labute approximate surface area is 73.6 Å². The zero-order valence-corrected chi connectivity index (χ0v) is 7.76. The maximum absolute atomic E-state index is 11.4. The van der Waals surface area contributed by atoms with Gasteiger partial charge in [-0.15, -0.1) is 0 Å². The molecular formula is C10H15NO. The maximum Gasteiger partial charge on any atom is 0.253 e. The molecule has 1 fully saturated rings. The van der Waals surface area contributed by atoms with E-state index in [4.69, 9.17) is 0 Å². The first-order chi connectivity index (χ1) is 5.46. The van der Waals surface area contributed by atoms with Gasteiger partial charge in [0.15, 0.2) is 0 Å². The monoisotopic (exact) mass is 165 g/mol. The number of likely N-dealkylation sites (tertiary alicyclic amines) is 1. The Hall–Kier alpha value is -1.05. The van der Waals surface area contributed by atoms with Crippen molar-refractivity contribution in [1.29, 1.82) is 0 Å². The largest absolute Gasteiger partial charge is 0.337 e. The Balaban J connectivity index is 2.49. The topological polar surface area (TPSA) is 20.3 Å². The van der Waals surface area contributed by atoms with E-state index in [1.54, 1.807) is 4.90 Å². The van der Waals surface area contributed by atoms with Crippen LogP contribution in [0.4, 0.5) is 0 Å². The van der Waals surface area contributed by atoms with Gasteiger partial charge in [-0.3, -0.25) is 4.79 Å². The Bertz CT molecular complexity index is 232. The van der Waals surface area contributed by atoms with Crippen molar-refractivity contribution in [2.45, 2.75) is 13.8 Å². The van der Waals surface area contributed by atoms with Crippen molar-refractivity contribution in [2.24, 2.45) is 5.41 Å². The van der Waals surface area contributed by atoms with Crippen LogP contribution in [-0.2, 0) is 4.79 Å². The summed E-state index contributed by atoms with van der Waals surface area (Å²) in [6.07, 6.45) is 1.51. The van der Waals surface area contributed by atoms with Crippen LogP contribution >= 0.6 is 0 Å². The van der Waals surface area contributed by atoms with Crippen LogP contribution in [0.25, 0.3) is 0 Å². The van der Waals surface area contributed by atoms with E-state index in [0.717, 1.165) is 13.1 Å². The molecule has 0 atom stereocenters. The highest BCUT2D eigenvalue weighted by Gasteiger charge is 2.37. The van der Waals surface area contributed by atoms with Crippen LogP contribution in [0.2, 0.25) is 0 Å². The van der Waals surface area contributed by atoms with E-state index in [0.29, 0.717) is 5.57 Å². The van der Waals surface area contributed by atoms with Gasteiger partial charge in [-0.25, -0.2) is 0 Å². The molecule has 12 heavy (non-hydrogen) atoms. The second-order valence-electron chi connectivity index (χ2n) is 4.05. The Morgan fingerprint density at radius 2 is 2.00 bits per heavy atom. The molecule has 2 heteroatoms. The molecule has 0 saturated carbocycles. The molecule has 1 rings (SSSR count). The third-order valence-corrected chi connectivity index (χ3v) is 2.05. The van der Waals surface area contributed by atoms with Crippen molar-refractivity contribution in [3.05, 3.63) is 24.8 Å². The van der Waals surface area contributed by atoms with Crippen molar-refractivity contribution < 1.29 is 4.79 Å².